The second-order valence-corrected chi connectivity index (χ2v) is 13.7. The molecule has 8 aromatic carbocycles. The summed E-state index contributed by atoms with van der Waals surface area (Å²) in [4.78, 5) is 2.29. The first-order valence-electron chi connectivity index (χ1n) is 17.8. The van der Waals surface area contributed by atoms with Gasteiger partial charge in [-0.2, -0.15) is 0 Å². The Balaban J connectivity index is 1.10. The molecule has 1 aliphatic heterocycles. The van der Waals surface area contributed by atoms with Crippen LogP contribution in [-0.2, 0) is 5.41 Å². The van der Waals surface area contributed by atoms with Crippen LogP contribution in [0.5, 0.6) is 11.5 Å². The van der Waals surface area contributed by atoms with Gasteiger partial charge in [0, 0.05) is 45.0 Å². The Labute approximate surface area is 301 Å². The first kappa shape index (κ1) is 28.9. The highest BCUT2D eigenvalue weighted by Gasteiger charge is 2.51. The second kappa shape index (κ2) is 11.1. The van der Waals surface area contributed by atoms with E-state index in [2.05, 4.69) is 193 Å². The standard InChI is InChI=1S/C49H31NO2/c1-3-13-32(14-4-1)33-23-25-35(26-24-33)50(34-15-5-2-6-16-34)36-27-28-38-40-30-39-37-17-7-8-18-41(37)49(44(39)31-48(40)52-47(38)29-36)42-19-9-11-21-45(42)51-46-22-12-10-20-43(46)49/h1-31H. The smallest absolute Gasteiger partial charge is 0.137 e. The van der Waals surface area contributed by atoms with Crippen molar-refractivity contribution in [3.8, 4) is 33.8 Å². The van der Waals surface area contributed by atoms with Crippen LogP contribution >= 0.6 is 0 Å². The molecule has 0 N–H and O–H groups in total. The zero-order valence-electron chi connectivity index (χ0n) is 28.2. The summed E-state index contributed by atoms with van der Waals surface area (Å²) < 4.78 is 13.4. The van der Waals surface area contributed by atoms with Gasteiger partial charge in [-0.15, -0.1) is 0 Å². The molecule has 9 aromatic rings. The Bertz CT molecular complexity index is 2770. The van der Waals surface area contributed by atoms with Gasteiger partial charge >= 0.3 is 0 Å². The van der Waals surface area contributed by atoms with Crippen molar-refractivity contribution in [3.05, 3.63) is 210 Å². The first-order valence-corrected chi connectivity index (χ1v) is 17.8. The van der Waals surface area contributed by atoms with E-state index in [-0.39, 0.29) is 0 Å². The van der Waals surface area contributed by atoms with Gasteiger partial charge in [0.15, 0.2) is 0 Å². The number of para-hydroxylation sites is 3. The highest BCUT2D eigenvalue weighted by atomic mass is 16.5. The van der Waals surface area contributed by atoms with Gasteiger partial charge in [0.2, 0.25) is 0 Å². The third-order valence-corrected chi connectivity index (χ3v) is 10.9. The second-order valence-electron chi connectivity index (χ2n) is 13.7. The van der Waals surface area contributed by atoms with E-state index in [1.165, 1.54) is 33.4 Å². The Morgan fingerprint density at radius 2 is 0.923 bits per heavy atom. The summed E-state index contributed by atoms with van der Waals surface area (Å²) in [5.74, 6) is 1.77. The SMILES string of the molecule is c1ccc(-c2ccc(N(c3ccccc3)c3ccc4c(c3)oc3cc5c(cc34)-c3ccccc3C53c4ccccc4Oc4ccccc43)cc2)cc1. The fraction of sp³-hybridized carbons (Fsp3) is 0.0204. The van der Waals surface area contributed by atoms with Crippen molar-refractivity contribution in [2.75, 3.05) is 4.90 Å². The van der Waals surface area contributed by atoms with E-state index in [9.17, 15) is 0 Å². The summed E-state index contributed by atoms with van der Waals surface area (Å²) in [6.45, 7) is 0. The summed E-state index contributed by atoms with van der Waals surface area (Å²) in [5, 5.41) is 2.21. The van der Waals surface area contributed by atoms with Crippen LogP contribution in [0.1, 0.15) is 22.3 Å². The lowest BCUT2D eigenvalue weighted by atomic mass is 9.66. The number of hydrogen-bond acceptors (Lipinski definition) is 3. The van der Waals surface area contributed by atoms with E-state index in [1.54, 1.807) is 0 Å². The fourth-order valence-corrected chi connectivity index (χ4v) is 8.71. The van der Waals surface area contributed by atoms with Gasteiger partial charge in [0.25, 0.3) is 0 Å². The van der Waals surface area contributed by atoms with Crippen LogP contribution < -0.4 is 9.64 Å². The number of nitrogens with zero attached hydrogens (tertiary/aromatic N) is 1. The molecule has 11 rings (SSSR count). The Morgan fingerprint density at radius 1 is 0.365 bits per heavy atom. The lowest BCUT2D eigenvalue weighted by molar-refractivity contribution is 0.436. The topological polar surface area (TPSA) is 25.6 Å². The average Bonchev–Trinajstić information content (AvgIpc) is 3.71. The molecular weight excluding hydrogens is 635 g/mol. The molecule has 0 radical (unpaired) electrons. The zero-order chi connectivity index (χ0) is 34.2. The molecule has 1 spiro atoms. The summed E-state index contributed by atoms with van der Waals surface area (Å²) in [5.41, 5.74) is 14.0. The molecule has 0 saturated carbocycles. The molecule has 2 aliphatic rings. The monoisotopic (exact) mass is 665 g/mol. The quantitative estimate of drug-likeness (QED) is 0.187. The number of anilines is 3. The molecule has 52 heavy (non-hydrogen) atoms. The minimum atomic E-state index is -0.536. The minimum absolute atomic E-state index is 0.536. The summed E-state index contributed by atoms with van der Waals surface area (Å²) >= 11 is 0. The normalized spacial score (nSPS) is 13.3. The lowest BCUT2D eigenvalue weighted by Gasteiger charge is -2.39. The summed E-state index contributed by atoms with van der Waals surface area (Å²) in [6.07, 6.45) is 0. The van der Waals surface area contributed by atoms with Crippen molar-refractivity contribution >= 4 is 39.0 Å². The van der Waals surface area contributed by atoms with Crippen LogP contribution in [0.3, 0.4) is 0 Å². The van der Waals surface area contributed by atoms with Crippen LogP contribution in [0.15, 0.2) is 192 Å². The molecule has 3 nitrogen and oxygen atoms in total. The lowest BCUT2D eigenvalue weighted by Crippen LogP contribution is -2.32. The molecule has 2 heterocycles. The molecule has 1 aliphatic carbocycles. The van der Waals surface area contributed by atoms with Crippen molar-refractivity contribution in [1.29, 1.82) is 0 Å². The minimum Gasteiger partial charge on any atom is -0.457 e. The summed E-state index contributed by atoms with van der Waals surface area (Å²) in [7, 11) is 0. The molecule has 0 unspecified atom stereocenters. The molecule has 0 amide bonds. The van der Waals surface area contributed by atoms with Gasteiger partial charge in [-0.25, -0.2) is 0 Å². The van der Waals surface area contributed by atoms with E-state index in [4.69, 9.17) is 9.15 Å². The van der Waals surface area contributed by atoms with Crippen LogP contribution in [0, 0.1) is 0 Å². The zero-order valence-corrected chi connectivity index (χ0v) is 28.2. The van der Waals surface area contributed by atoms with Gasteiger partial charge in [0.05, 0.1) is 5.41 Å². The number of hydrogen-bond donors (Lipinski definition) is 0. The van der Waals surface area contributed by atoms with E-state index >= 15 is 0 Å². The number of fused-ring (bicyclic) bond motifs is 12. The third-order valence-electron chi connectivity index (χ3n) is 10.9. The highest BCUT2D eigenvalue weighted by molar-refractivity contribution is 6.09. The molecule has 1 aromatic heterocycles. The molecule has 244 valence electrons. The van der Waals surface area contributed by atoms with Crippen molar-refractivity contribution in [1.82, 2.24) is 0 Å². The fourth-order valence-electron chi connectivity index (χ4n) is 8.71. The van der Waals surface area contributed by atoms with Gasteiger partial charge in [-0.3, -0.25) is 0 Å². The third kappa shape index (κ3) is 4.08. The van der Waals surface area contributed by atoms with Crippen LogP contribution in [0.2, 0.25) is 0 Å². The Kier molecular flexibility index (Phi) is 6.17. The largest absolute Gasteiger partial charge is 0.457 e. The molecule has 3 heteroatoms. The van der Waals surface area contributed by atoms with E-state index < -0.39 is 5.41 Å². The van der Waals surface area contributed by atoms with Crippen molar-refractivity contribution in [3.63, 3.8) is 0 Å². The molecule has 0 saturated heterocycles. The van der Waals surface area contributed by atoms with Crippen molar-refractivity contribution in [2.45, 2.75) is 5.41 Å². The number of benzene rings is 8. The molecule has 0 fully saturated rings. The number of furan rings is 1. The Hall–Kier alpha value is -6.84. The van der Waals surface area contributed by atoms with Gasteiger partial charge < -0.3 is 14.1 Å². The van der Waals surface area contributed by atoms with Crippen LogP contribution in [-0.4, -0.2) is 0 Å². The number of ether oxygens (including phenoxy) is 1. The van der Waals surface area contributed by atoms with Crippen LogP contribution in [0.4, 0.5) is 17.1 Å². The average molecular weight is 666 g/mol. The summed E-state index contributed by atoms with van der Waals surface area (Å²) in [6, 6.07) is 66.9. The number of rotatable bonds is 4. The molecule has 0 atom stereocenters. The molecule has 0 bridgehead atoms. The maximum Gasteiger partial charge on any atom is 0.137 e. The van der Waals surface area contributed by atoms with Crippen molar-refractivity contribution in [2.24, 2.45) is 0 Å². The molecular formula is C49H31NO2. The van der Waals surface area contributed by atoms with Gasteiger partial charge in [-0.05, 0) is 94.0 Å². The van der Waals surface area contributed by atoms with Gasteiger partial charge in [0.1, 0.15) is 22.7 Å². The maximum atomic E-state index is 6.87. The predicted octanol–water partition coefficient (Wildman–Crippen LogP) is 13.2. The highest BCUT2D eigenvalue weighted by Crippen LogP contribution is 2.62. The van der Waals surface area contributed by atoms with E-state index in [0.29, 0.717) is 0 Å². The predicted molar refractivity (Wildman–Crippen MR) is 211 cm³/mol. The Morgan fingerprint density at radius 3 is 1.65 bits per heavy atom. The first-order chi connectivity index (χ1) is 25.8. The van der Waals surface area contributed by atoms with Gasteiger partial charge in [-0.1, -0.05) is 121 Å². The van der Waals surface area contributed by atoms with E-state index in [0.717, 1.165) is 61.6 Å². The van der Waals surface area contributed by atoms with Crippen LogP contribution in [0.25, 0.3) is 44.2 Å². The maximum absolute atomic E-state index is 6.87. The van der Waals surface area contributed by atoms with E-state index in [1.807, 2.05) is 0 Å². The van der Waals surface area contributed by atoms with Crippen molar-refractivity contribution < 1.29 is 9.15 Å².